The van der Waals surface area contributed by atoms with E-state index >= 15 is 0 Å². The summed E-state index contributed by atoms with van der Waals surface area (Å²) in [4.78, 5) is 12.4. The maximum Gasteiger partial charge on any atom is 0.243 e. The van der Waals surface area contributed by atoms with Crippen molar-refractivity contribution in [2.24, 2.45) is 0 Å². The third kappa shape index (κ3) is 5.41. The summed E-state index contributed by atoms with van der Waals surface area (Å²) >= 11 is 5.83. The van der Waals surface area contributed by atoms with E-state index in [0.717, 1.165) is 16.4 Å². The molecule has 0 bridgehead atoms. The highest BCUT2D eigenvalue weighted by molar-refractivity contribution is 7.89. The summed E-state index contributed by atoms with van der Waals surface area (Å²) in [5.74, 6) is -1.72. The van der Waals surface area contributed by atoms with E-state index in [-0.39, 0.29) is 17.0 Å². The molecule has 30 heavy (non-hydrogen) atoms. The summed E-state index contributed by atoms with van der Waals surface area (Å²) in [5.41, 5.74) is 0.417. The number of hydrogen-bond acceptors (Lipinski definition) is 3. The van der Waals surface area contributed by atoms with Crippen LogP contribution < -0.4 is 5.32 Å². The van der Waals surface area contributed by atoms with E-state index in [4.69, 9.17) is 11.6 Å². The first-order valence-corrected chi connectivity index (χ1v) is 10.6. The minimum atomic E-state index is -4.14. The van der Waals surface area contributed by atoms with Crippen LogP contribution in [0, 0.1) is 11.6 Å². The zero-order valence-electron chi connectivity index (χ0n) is 15.6. The number of halogens is 3. The van der Waals surface area contributed by atoms with Gasteiger partial charge in [-0.1, -0.05) is 29.8 Å². The molecular formula is C21H17ClF2N2O3S. The van der Waals surface area contributed by atoms with Gasteiger partial charge in [-0.2, -0.15) is 4.31 Å². The number of sulfonamides is 1. The molecule has 0 aromatic heterocycles. The number of carbonyl (C=O) groups excluding carboxylic acids is 1. The monoisotopic (exact) mass is 450 g/mol. The number of nitrogens with zero attached hydrogens (tertiary/aromatic N) is 1. The Morgan fingerprint density at radius 2 is 1.57 bits per heavy atom. The van der Waals surface area contributed by atoms with E-state index in [1.807, 2.05) is 0 Å². The molecule has 9 heteroatoms. The van der Waals surface area contributed by atoms with Gasteiger partial charge in [0.2, 0.25) is 15.9 Å². The second-order valence-corrected chi connectivity index (χ2v) is 8.75. The van der Waals surface area contributed by atoms with Gasteiger partial charge in [0, 0.05) is 22.8 Å². The number of carbonyl (C=O) groups is 1. The molecule has 1 amide bonds. The largest absolute Gasteiger partial charge is 0.325 e. The van der Waals surface area contributed by atoms with Crippen molar-refractivity contribution >= 4 is 33.2 Å². The lowest BCUT2D eigenvalue weighted by Crippen LogP contribution is -2.37. The van der Waals surface area contributed by atoms with Crippen LogP contribution in [-0.2, 0) is 21.4 Å². The molecule has 0 radical (unpaired) electrons. The molecule has 0 unspecified atom stereocenters. The highest BCUT2D eigenvalue weighted by atomic mass is 35.5. The quantitative estimate of drug-likeness (QED) is 0.578. The van der Waals surface area contributed by atoms with Crippen molar-refractivity contribution in [3.63, 3.8) is 0 Å². The van der Waals surface area contributed by atoms with Crippen LogP contribution in [0.25, 0.3) is 0 Å². The Morgan fingerprint density at radius 1 is 0.933 bits per heavy atom. The Kier molecular flexibility index (Phi) is 6.81. The summed E-state index contributed by atoms with van der Waals surface area (Å²) in [6.45, 7) is -0.925. The minimum absolute atomic E-state index is 0.0854. The van der Waals surface area contributed by atoms with Crippen LogP contribution in [-0.4, -0.2) is 25.2 Å². The van der Waals surface area contributed by atoms with Crippen LogP contribution in [0.3, 0.4) is 0 Å². The van der Waals surface area contributed by atoms with Crippen molar-refractivity contribution < 1.29 is 22.0 Å². The van der Waals surface area contributed by atoms with Crippen molar-refractivity contribution in [2.75, 3.05) is 11.9 Å². The van der Waals surface area contributed by atoms with Gasteiger partial charge in [0.1, 0.15) is 11.6 Å². The van der Waals surface area contributed by atoms with Gasteiger partial charge >= 0.3 is 0 Å². The summed E-state index contributed by atoms with van der Waals surface area (Å²) in [7, 11) is -4.14. The molecule has 0 aliphatic carbocycles. The van der Waals surface area contributed by atoms with Crippen molar-refractivity contribution in [3.8, 4) is 0 Å². The molecule has 0 atom stereocenters. The highest BCUT2D eigenvalue weighted by Crippen LogP contribution is 2.21. The first kappa shape index (κ1) is 21.9. The van der Waals surface area contributed by atoms with Gasteiger partial charge in [0.05, 0.1) is 11.4 Å². The summed E-state index contributed by atoms with van der Waals surface area (Å²) < 4.78 is 54.3. The minimum Gasteiger partial charge on any atom is -0.325 e. The molecule has 0 heterocycles. The van der Waals surface area contributed by atoms with Gasteiger partial charge in [0.25, 0.3) is 0 Å². The lowest BCUT2D eigenvalue weighted by Gasteiger charge is -2.22. The zero-order valence-corrected chi connectivity index (χ0v) is 17.1. The number of benzene rings is 3. The smallest absolute Gasteiger partial charge is 0.243 e. The third-order valence-corrected chi connectivity index (χ3v) is 6.26. The Morgan fingerprint density at radius 3 is 2.20 bits per heavy atom. The number of hydrogen-bond donors (Lipinski definition) is 1. The van der Waals surface area contributed by atoms with Gasteiger partial charge in [0.15, 0.2) is 0 Å². The summed E-state index contributed by atoms with van der Waals surface area (Å²) in [6.07, 6.45) is 0. The van der Waals surface area contributed by atoms with Gasteiger partial charge in [-0.05, 0) is 54.6 Å². The highest BCUT2D eigenvalue weighted by Gasteiger charge is 2.27. The van der Waals surface area contributed by atoms with E-state index in [1.165, 1.54) is 54.6 Å². The number of rotatable bonds is 7. The molecule has 1 N–H and O–H groups in total. The van der Waals surface area contributed by atoms with Gasteiger partial charge in [-0.15, -0.1) is 0 Å². The number of nitrogens with one attached hydrogen (secondary N) is 1. The predicted molar refractivity (Wildman–Crippen MR) is 110 cm³/mol. The van der Waals surface area contributed by atoms with E-state index in [9.17, 15) is 22.0 Å². The maximum atomic E-state index is 14.1. The van der Waals surface area contributed by atoms with Gasteiger partial charge in [-0.3, -0.25) is 4.79 Å². The van der Waals surface area contributed by atoms with Crippen molar-refractivity contribution in [3.05, 3.63) is 95.0 Å². The predicted octanol–water partition coefficient (Wildman–Crippen LogP) is 4.45. The Hall–Kier alpha value is -2.81. The average molecular weight is 451 g/mol. The van der Waals surface area contributed by atoms with Crippen LogP contribution in [0.5, 0.6) is 0 Å². The molecule has 3 aromatic rings. The molecule has 3 rings (SSSR count). The van der Waals surface area contributed by atoms with E-state index in [2.05, 4.69) is 5.32 Å². The average Bonchev–Trinajstić information content (AvgIpc) is 2.71. The molecule has 5 nitrogen and oxygen atoms in total. The lowest BCUT2D eigenvalue weighted by molar-refractivity contribution is -0.116. The maximum absolute atomic E-state index is 14.1. The second-order valence-electron chi connectivity index (χ2n) is 6.37. The molecule has 156 valence electrons. The lowest BCUT2D eigenvalue weighted by atomic mass is 10.2. The zero-order chi connectivity index (χ0) is 21.7. The molecular weight excluding hydrogens is 434 g/mol. The van der Waals surface area contributed by atoms with E-state index in [1.54, 1.807) is 6.07 Å². The van der Waals surface area contributed by atoms with Crippen molar-refractivity contribution in [1.29, 1.82) is 0 Å². The fourth-order valence-corrected chi connectivity index (χ4v) is 4.19. The molecule has 0 saturated carbocycles. The SMILES string of the molecule is O=C(CN(Cc1ccccc1F)S(=O)(=O)c1ccc(Cl)cc1)Nc1ccc(F)cc1. The molecule has 0 spiro atoms. The molecule has 0 aliphatic rings. The fourth-order valence-electron chi connectivity index (χ4n) is 2.69. The van der Waals surface area contributed by atoms with Crippen molar-refractivity contribution in [2.45, 2.75) is 11.4 Å². The topological polar surface area (TPSA) is 66.5 Å². The van der Waals surface area contributed by atoms with Crippen LogP contribution in [0.2, 0.25) is 5.02 Å². The van der Waals surface area contributed by atoms with Crippen molar-refractivity contribution in [1.82, 2.24) is 4.31 Å². The standard InChI is InChI=1S/C21H17ClF2N2O3S/c22-16-5-11-19(12-6-16)30(28,29)26(13-15-3-1-2-4-20(15)24)14-21(27)25-18-9-7-17(23)8-10-18/h1-12H,13-14H2,(H,25,27). The molecule has 0 aliphatic heterocycles. The van der Waals surface area contributed by atoms with Gasteiger partial charge in [-0.25, -0.2) is 17.2 Å². The molecule has 0 fully saturated rings. The van der Waals surface area contributed by atoms with Crippen LogP contribution in [0.1, 0.15) is 5.56 Å². The number of amides is 1. The van der Waals surface area contributed by atoms with Crippen LogP contribution in [0.15, 0.2) is 77.7 Å². The first-order valence-electron chi connectivity index (χ1n) is 8.80. The summed E-state index contributed by atoms with van der Waals surface area (Å²) in [6, 6.07) is 16.2. The van der Waals surface area contributed by atoms with E-state index in [0.29, 0.717) is 10.7 Å². The normalized spacial score (nSPS) is 11.5. The second kappa shape index (κ2) is 9.34. The van der Waals surface area contributed by atoms with E-state index < -0.39 is 34.1 Å². The Balaban J connectivity index is 1.88. The van der Waals surface area contributed by atoms with Gasteiger partial charge < -0.3 is 5.32 Å². The Labute approximate surface area is 178 Å². The third-order valence-electron chi connectivity index (χ3n) is 4.20. The Bertz CT molecular complexity index is 1140. The first-order chi connectivity index (χ1) is 14.3. The molecule has 3 aromatic carbocycles. The van der Waals surface area contributed by atoms with Crippen LogP contribution >= 0.6 is 11.6 Å². The van der Waals surface area contributed by atoms with Crippen LogP contribution in [0.4, 0.5) is 14.5 Å². The summed E-state index contributed by atoms with van der Waals surface area (Å²) in [5, 5.41) is 2.86. The fraction of sp³-hybridized carbons (Fsp3) is 0.0952. The number of anilines is 1. The molecule has 0 saturated heterocycles.